The van der Waals surface area contributed by atoms with Crippen molar-refractivity contribution in [2.75, 3.05) is 17.1 Å². The van der Waals surface area contributed by atoms with Crippen molar-refractivity contribution in [3.63, 3.8) is 0 Å². The van der Waals surface area contributed by atoms with Crippen LogP contribution in [0.5, 0.6) is 0 Å². The van der Waals surface area contributed by atoms with Crippen LogP contribution in [-0.4, -0.2) is 32.6 Å². The molecule has 0 aliphatic heterocycles. The minimum atomic E-state index is -4.08. The fraction of sp³-hybridized carbons (Fsp3) is 0.400. The number of aromatic nitrogens is 1. The number of amides is 1. The van der Waals surface area contributed by atoms with E-state index in [1.54, 1.807) is 18.6 Å². The summed E-state index contributed by atoms with van der Waals surface area (Å²) in [6, 6.07) is 1.42. The number of carbonyl (C=O) groups is 1. The van der Waals surface area contributed by atoms with Crippen molar-refractivity contribution in [3.05, 3.63) is 18.5 Å². The van der Waals surface area contributed by atoms with Crippen LogP contribution in [0.4, 0.5) is 16.2 Å². The number of nitrogens with zero attached hydrogens (tertiary/aromatic N) is 2. The quantitative estimate of drug-likeness (QED) is 0.832. The molecule has 8 nitrogen and oxygen atoms in total. The summed E-state index contributed by atoms with van der Waals surface area (Å²) in [4.78, 5) is 15.1. The third-order valence-electron chi connectivity index (χ3n) is 2.08. The molecule has 0 atom stereocenters. The van der Waals surface area contributed by atoms with Crippen LogP contribution in [0.3, 0.4) is 0 Å². The van der Waals surface area contributed by atoms with E-state index in [0.717, 1.165) is 4.31 Å². The number of pyridine rings is 1. The molecule has 19 heavy (non-hydrogen) atoms. The number of anilines is 2. The standard InChI is InChI=1S/C10H16N4O4S/c1-7(2)18-10(15)13-19(16,17)14(3)9-4-5-12-6-8(9)11/h4-7H,11H2,1-3H3,(H,13,15). The first kappa shape index (κ1) is 15.0. The molecule has 106 valence electrons. The summed E-state index contributed by atoms with van der Waals surface area (Å²) >= 11 is 0. The number of nitrogen functional groups attached to an aromatic ring is 1. The van der Waals surface area contributed by atoms with E-state index in [9.17, 15) is 13.2 Å². The summed E-state index contributed by atoms with van der Waals surface area (Å²) in [7, 11) is -2.82. The lowest BCUT2D eigenvalue weighted by molar-refractivity contribution is 0.121. The van der Waals surface area contributed by atoms with E-state index in [-0.39, 0.29) is 11.4 Å². The first-order valence-electron chi connectivity index (χ1n) is 5.41. The summed E-state index contributed by atoms with van der Waals surface area (Å²) in [5.74, 6) is 0. The summed E-state index contributed by atoms with van der Waals surface area (Å²) in [6.07, 6.45) is 1.23. The minimum absolute atomic E-state index is 0.174. The van der Waals surface area contributed by atoms with Crippen LogP contribution in [0.15, 0.2) is 18.5 Å². The molecule has 0 saturated carbocycles. The van der Waals surface area contributed by atoms with Gasteiger partial charge in [0.1, 0.15) is 0 Å². The molecule has 1 aromatic heterocycles. The van der Waals surface area contributed by atoms with Crippen LogP contribution in [0.2, 0.25) is 0 Å². The van der Waals surface area contributed by atoms with Gasteiger partial charge in [-0.3, -0.25) is 9.29 Å². The van der Waals surface area contributed by atoms with Crippen molar-refractivity contribution in [3.8, 4) is 0 Å². The highest BCUT2D eigenvalue weighted by Crippen LogP contribution is 2.21. The highest BCUT2D eigenvalue weighted by atomic mass is 32.2. The van der Waals surface area contributed by atoms with E-state index in [1.165, 1.54) is 25.5 Å². The maximum atomic E-state index is 11.9. The number of hydrogen-bond acceptors (Lipinski definition) is 6. The van der Waals surface area contributed by atoms with Crippen molar-refractivity contribution >= 4 is 27.7 Å². The van der Waals surface area contributed by atoms with Gasteiger partial charge in [-0.1, -0.05) is 0 Å². The smallest absolute Gasteiger partial charge is 0.422 e. The zero-order valence-electron chi connectivity index (χ0n) is 10.8. The number of nitrogens with one attached hydrogen (secondary N) is 1. The lowest BCUT2D eigenvalue weighted by Crippen LogP contribution is -2.42. The second kappa shape index (κ2) is 5.74. The van der Waals surface area contributed by atoms with E-state index in [0.29, 0.717) is 0 Å². The number of nitrogens with two attached hydrogens (primary N) is 1. The summed E-state index contributed by atoms with van der Waals surface area (Å²) < 4.78 is 31.1. The van der Waals surface area contributed by atoms with Gasteiger partial charge in [0.25, 0.3) is 0 Å². The fourth-order valence-corrected chi connectivity index (χ4v) is 2.05. The molecule has 0 bridgehead atoms. The van der Waals surface area contributed by atoms with Gasteiger partial charge in [-0.15, -0.1) is 0 Å². The van der Waals surface area contributed by atoms with E-state index in [1.807, 2.05) is 0 Å². The Kier molecular flexibility index (Phi) is 4.54. The predicted octanol–water partition coefficient (Wildman–Crippen LogP) is 0.479. The van der Waals surface area contributed by atoms with Gasteiger partial charge in [0, 0.05) is 13.2 Å². The molecular weight excluding hydrogens is 272 g/mol. The molecule has 3 N–H and O–H groups in total. The Morgan fingerprint density at radius 1 is 1.53 bits per heavy atom. The van der Waals surface area contributed by atoms with Crippen molar-refractivity contribution in [2.24, 2.45) is 0 Å². The largest absolute Gasteiger partial charge is 0.446 e. The molecule has 0 unspecified atom stereocenters. The van der Waals surface area contributed by atoms with E-state index < -0.39 is 22.4 Å². The molecule has 1 rings (SSSR count). The summed E-state index contributed by atoms with van der Waals surface area (Å²) in [5.41, 5.74) is 6.00. The Bertz CT molecular complexity index is 558. The zero-order chi connectivity index (χ0) is 14.6. The van der Waals surface area contributed by atoms with Crippen LogP contribution in [0.25, 0.3) is 0 Å². The lowest BCUT2D eigenvalue weighted by Gasteiger charge is -2.20. The van der Waals surface area contributed by atoms with E-state index >= 15 is 0 Å². The number of carbonyl (C=O) groups excluding carboxylic acids is 1. The topological polar surface area (TPSA) is 115 Å². The first-order chi connectivity index (χ1) is 8.74. The van der Waals surface area contributed by atoms with Gasteiger partial charge >= 0.3 is 16.3 Å². The second-order valence-corrected chi connectivity index (χ2v) is 5.67. The molecule has 0 aromatic carbocycles. The van der Waals surface area contributed by atoms with Crippen LogP contribution in [0, 0.1) is 0 Å². The average molecular weight is 288 g/mol. The molecule has 1 aromatic rings. The molecule has 9 heteroatoms. The molecule has 0 saturated heterocycles. The van der Waals surface area contributed by atoms with Gasteiger partial charge in [-0.05, 0) is 19.9 Å². The molecule has 1 heterocycles. The third kappa shape index (κ3) is 3.98. The van der Waals surface area contributed by atoms with Crippen molar-refractivity contribution < 1.29 is 17.9 Å². The molecule has 0 aliphatic rings. The Labute approximate surface area is 111 Å². The molecule has 0 fully saturated rings. The van der Waals surface area contributed by atoms with Gasteiger partial charge in [0.2, 0.25) is 0 Å². The number of ether oxygens (including phenoxy) is 1. The number of hydrogen-bond donors (Lipinski definition) is 2. The number of rotatable bonds is 4. The fourth-order valence-electron chi connectivity index (χ4n) is 1.23. The lowest BCUT2D eigenvalue weighted by atomic mass is 10.3. The predicted molar refractivity (Wildman–Crippen MR) is 70.7 cm³/mol. The Morgan fingerprint density at radius 2 is 2.16 bits per heavy atom. The van der Waals surface area contributed by atoms with E-state index in [2.05, 4.69) is 4.98 Å². The van der Waals surface area contributed by atoms with E-state index in [4.69, 9.17) is 10.5 Å². The molecule has 0 radical (unpaired) electrons. The van der Waals surface area contributed by atoms with Gasteiger partial charge < -0.3 is 10.5 Å². The summed E-state index contributed by atoms with van der Waals surface area (Å²) in [5, 5.41) is 0. The molecule has 0 spiro atoms. The maximum absolute atomic E-state index is 11.9. The normalized spacial score (nSPS) is 11.2. The Hall–Kier alpha value is -2.03. The summed E-state index contributed by atoms with van der Waals surface area (Å²) in [6.45, 7) is 3.22. The Morgan fingerprint density at radius 3 is 2.68 bits per heavy atom. The van der Waals surface area contributed by atoms with Crippen molar-refractivity contribution in [1.82, 2.24) is 9.71 Å². The van der Waals surface area contributed by atoms with Crippen LogP contribution >= 0.6 is 0 Å². The van der Waals surface area contributed by atoms with Crippen molar-refractivity contribution in [2.45, 2.75) is 20.0 Å². The second-order valence-electron chi connectivity index (χ2n) is 3.96. The average Bonchev–Trinajstić information content (AvgIpc) is 2.26. The molecule has 0 aliphatic carbocycles. The van der Waals surface area contributed by atoms with Crippen LogP contribution < -0.4 is 14.8 Å². The van der Waals surface area contributed by atoms with Gasteiger partial charge in [-0.2, -0.15) is 8.42 Å². The van der Waals surface area contributed by atoms with Crippen LogP contribution in [0.1, 0.15) is 13.8 Å². The third-order valence-corrected chi connectivity index (χ3v) is 3.43. The molecule has 1 amide bonds. The highest BCUT2D eigenvalue weighted by Gasteiger charge is 2.23. The first-order valence-corrected chi connectivity index (χ1v) is 6.85. The van der Waals surface area contributed by atoms with Gasteiger partial charge in [0.15, 0.2) is 0 Å². The molecular formula is C10H16N4O4S. The minimum Gasteiger partial charge on any atom is -0.446 e. The SMILES string of the molecule is CC(C)OC(=O)NS(=O)(=O)N(C)c1ccncc1N. The van der Waals surface area contributed by atoms with Gasteiger partial charge in [-0.25, -0.2) is 9.52 Å². The Balaban J connectivity index is 2.89. The van der Waals surface area contributed by atoms with Gasteiger partial charge in [0.05, 0.1) is 23.7 Å². The maximum Gasteiger partial charge on any atom is 0.422 e. The van der Waals surface area contributed by atoms with Crippen molar-refractivity contribution in [1.29, 1.82) is 0 Å². The highest BCUT2D eigenvalue weighted by molar-refractivity contribution is 7.91. The van der Waals surface area contributed by atoms with Crippen LogP contribution in [-0.2, 0) is 14.9 Å². The monoisotopic (exact) mass is 288 g/mol. The zero-order valence-corrected chi connectivity index (χ0v) is 11.6.